The highest BCUT2D eigenvalue weighted by atomic mass is 16.3. The van der Waals surface area contributed by atoms with E-state index >= 15 is 0 Å². The SMILES string of the molecule is O=C(c1nc2ccccn2c1CN1CCC[C@H]1CO)N1CCN(C2CCCCC2)CC1. The van der Waals surface area contributed by atoms with Gasteiger partial charge in [0, 0.05) is 51.0 Å². The molecular weight excluding hydrogens is 390 g/mol. The zero-order chi connectivity index (χ0) is 21.2. The van der Waals surface area contributed by atoms with Gasteiger partial charge in [-0.05, 0) is 44.4 Å². The molecule has 7 heteroatoms. The molecule has 3 fully saturated rings. The number of likely N-dealkylation sites (tertiary alicyclic amines) is 1. The maximum Gasteiger partial charge on any atom is 0.274 e. The molecule has 0 spiro atoms. The lowest BCUT2D eigenvalue weighted by Crippen LogP contribution is -2.52. The molecule has 2 aromatic heterocycles. The summed E-state index contributed by atoms with van der Waals surface area (Å²) >= 11 is 0. The van der Waals surface area contributed by atoms with Gasteiger partial charge < -0.3 is 14.4 Å². The van der Waals surface area contributed by atoms with Crippen LogP contribution in [-0.2, 0) is 6.54 Å². The highest BCUT2D eigenvalue weighted by Crippen LogP contribution is 2.26. The molecule has 31 heavy (non-hydrogen) atoms. The minimum atomic E-state index is 0.0572. The zero-order valence-electron chi connectivity index (χ0n) is 18.5. The van der Waals surface area contributed by atoms with Gasteiger partial charge in [-0.25, -0.2) is 4.98 Å². The van der Waals surface area contributed by atoms with Crippen LogP contribution in [0.5, 0.6) is 0 Å². The van der Waals surface area contributed by atoms with E-state index in [0.29, 0.717) is 18.3 Å². The first-order chi connectivity index (χ1) is 15.2. The third-order valence-corrected chi connectivity index (χ3v) is 7.59. The lowest BCUT2D eigenvalue weighted by Gasteiger charge is -2.40. The summed E-state index contributed by atoms with van der Waals surface area (Å²) in [5.41, 5.74) is 2.36. The molecule has 1 atom stereocenters. The molecular formula is C24H35N5O2. The van der Waals surface area contributed by atoms with Crippen LogP contribution in [-0.4, -0.2) is 86.5 Å². The van der Waals surface area contributed by atoms with Crippen molar-refractivity contribution in [1.29, 1.82) is 0 Å². The van der Waals surface area contributed by atoms with Gasteiger partial charge in [-0.2, -0.15) is 0 Å². The van der Waals surface area contributed by atoms with Gasteiger partial charge in [0.15, 0.2) is 5.69 Å². The lowest BCUT2D eigenvalue weighted by atomic mass is 9.94. The fraction of sp³-hybridized carbons (Fsp3) is 0.667. The second kappa shape index (κ2) is 9.27. The molecule has 0 aromatic carbocycles. The Kier molecular flexibility index (Phi) is 6.25. The standard InChI is InChI=1S/C24H35N5O2/c30-18-20-9-6-11-28(20)17-21-23(25-22-10-4-5-12-29(21)22)24(31)27-15-13-26(14-16-27)19-7-2-1-3-8-19/h4-5,10,12,19-20,30H,1-3,6-9,11,13-18H2/t20-/m0/s1. The van der Waals surface area contributed by atoms with Gasteiger partial charge in [0.1, 0.15) is 5.65 Å². The van der Waals surface area contributed by atoms with Crippen LogP contribution < -0.4 is 0 Å². The molecule has 1 saturated carbocycles. The van der Waals surface area contributed by atoms with Gasteiger partial charge in [-0.1, -0.05) is 25.3 Å². The van der Waals surface area contributed by atoms with Gasteiger partial charge in [0.25, 0.3) is 5.91 Å². The number of amides is 1. The van der Waals surface area contributed by atoms with Crippen molar-refractivity contribution in [2.24, 2.45) is 0 Å². The Labute approximate surface area is 184 Å². The van der Waals surface area contributed by atoms with Crippen LogP contribution in [0.25, 0.3) is 5.65 Å². The van der Waals surface area contributed by atoms with Gasteiger partial charge in [0.05, 0.1) is 12.3 Å². The van der Waals surface area contributed by atoms with E-state index in [2.05, 4.69) is 14.2 Å². The van der Waals surface area contributed by atoms with Crippen molar-refractivity contribution >= 4 is 11.6 Å². The number of hydrogen-bond acceptors (Lipinski definition) is 5. The second-order valence-corrected chi connectivity index (χ2v) is 9.41. The van der Waals surface area contributed by atoms with E-state index < -0.39 is 0 Å². The Morgan fingerprint density at radius 2 is 1.81 bits per heavy atom. The summed E-state index contributed by atoms with van der Waals surface area (Å²) in [7, 11) is 0. The third kappa shape index (κ3) is 4.23. The summed E-state index contributed by atoms with van der Waals surface area (Å²) in [6.45, 7) is 5.29. The molecule has 168 valence electrons. The predicted molar refractivity (Wildman–Crippen MR) is 120 cm³/mol. The highest BCUT2D eigenvalue weighted by molar-refractivity contribution is 5.94. The zero-order valence-corrected chi connectivity index (χ0v) is 18.5. The summed E-state index contributed by atoms with van der Waals surface area (Å²) in [6, 6.07) is 6.81. The Bertz CT molecular complexity index is 899. The molecule has 1 amide bonds. The minimum absolute atomic E-state index is 0.0572. The topological polar surface area (TPSA) is 64.3 Å². The Hall–Kier alpha value is -1.96. The van der Waals surface area contributed by atoms with E-state index in [-0.39, 0.29) is 18.6 Å². The molecule has 0 radical (unpaired) electrons. The van der Waals surface area contributed by atoms with E-state index in [1.165, 1.54) is 32.1 Å². The first kappa shape index (κ1) is 20.9. The minimum Gasteiger partial charge on any atom is -0.395 e. The van der Waals surface area contributed by atoms with Gasteiger partial charge in [-0.3, -0.25) is 14.6 Å². The van der Waals surface area contributed by atoms with Crippen LogP contribution in [0.15, 0.2) is 24.4 Å². The van der Waals surface area contributed by atoms with Crippen LogP contribution in [0.4, 0.5) is 0 Å². The first-order valence-corrected chi connectivity index (χ1v) is 12.1. The Morgan fingerprint density at radius 1 is 1.00 bits per heavy atom. The summed E-state index contributed by atoms with van der Waals surface area (Å²) in [5.74, 6) is 0.0572. The largest absolute Gasteiger partial charge is 0.395 e. The normalized spacial score (nSPS) is 24.3. The lowest BCUT2D eigenvalue weighted by molar-refractivity contribution is 0.0516. The summed E-state index contributed by atoms with van der Waals surface area (Å²) in [5, 5.41) is 9.75. The number of hydrogen-bond donors (Lipinski definition) is 1. The molecule has 3 aliphatic rings. The number of aromatic nitrogens is 2. The van der Waals surface area contributed by atoms with Crippen molar-refractivity contribution < 1.29 is 9.90 Å². The van der Waals surface area contributed by atoms with E-state index in [9.17, 15) is 9.90 Å². The van der Waals surface area contributed by atoms with Crippen LogP contribution >= 0.6 is 0 Å². The summed E-state index contributed by atoms with van der Waals surface area (Å²) < 4.78 is 2.05. The maximum atomic E-state index is 13.6. The number of fused-ring (bicyclic) bond motifs is 1. The van der Waals surface area contributed by atoms with E-state index in [1.807, 2.05) is 29.3 Å². The monoisotopic (exact) mass is 425 g/mol. The first-order valence-electron chi connectivity index (χ1n) is 12.1. The number of imidazole rings is 1. The average Bonchev–Trinajstić information content (AvgIpc) is 3.44. The van der Waals surface area contributed by atoms with Crippen molar-refractivity contribution in [3.05, 3.63) is 35.8 Å². The number of nitrogens with zero attached hydrogens (tertiary/aromatic N) is 5. The van der Waals surface area contributed by atoms with Crippen molar-refractivity contribution in [2.75, 3.05) is 39.3 Å². The molecule has 5 rings (SSSR count). The van der Waals surface area contributed by atoms with Gasteiger partial charge in [0.2, 0.25) is 0 Å². The van der Waals surface area contributed by atoms with Crippen molar-refractivity contribution in [2.45, 2.75) is 63.6 Å². The number of pyridine rings is 1. The highest BCUT2D eigenvalue weighted by Gasteiger charge is 2.32. The fourth-order valence-corrected chi connectivity index (χ4v) is 5.76. The number of rotatable bonds is 5. The summed E-state index contributed by atoms with van der Waals surface area (Å²) in [6.07, 6.45) is 10.8. The van der Waals surface area contributed by atoms with E-state index in [0.717, 1.165) is 56.9 Å². The number of carbonyl (C=O) groups is 1. The number of aliphatic hydroxyl groups excluding tert-OH is 1. The van der Waals surface area contributed by atoms with Crippen molar-refractivity contribution in [3.63, 3.8) is 0 Å². The molecule has 0 bridgehead atoms. The fourth-order valence-electron chi connectivity index (χ4n) is 5.76. The maximum absolute atomic E-state index is 13.6. The molecule has 2 saturated heterocycles. The number of carbonyl (C=O) groups excluding carboxylic acids is 1. The molecule has 7 nitrogen and oxygen atoms in total. The Morgan fingerprint density at radius 3 is 2.58 bits per heavy atom. The van der Waals surface area contributed by atoms with E-state index in [1.54, 1.807) is 0 Å². The molecule has 0 unspecified atom stereocenters. The van der Waals surface area contributed by atoms with Crippen molar-refractivity contribution in [3.8, 4) is 0 Å². The predicted octanol–water partition coefficient (Wildman–Crippen LogP) is 2.38. The van der Waals surface area contributed by atoms with Crippen molar-refractivity contribution in [1.82, 2.24) is 24.1 Å². The Balaban J connectivity index is 1.34. The molecule has 1 aliphatic carbocycles. The number of aliphatic hydroxyl groups is 1. The molecule has 2 aromatic rings. The van der Waals surface area contributed by atoms with Crippen LogP contribution in [0.1, 0.15) is 61.1 Å². The van der Waals surface area contributed by atoms with Crippen LogP contribution in [0, 0.1) is 0 Å². The molecule has 4 heterocycles. The van der Waals surface area contributed by atoms with Gasteiger partial charge in [-0.15, -0.1) is 0 Å². The quantitative estimate of drug-likeness (QED) is 0.797. The van der Waals surface area contributed by atoms with Gasteiger partial charge >= 0.3 is 0 Å². The molecule has 1 N–H and O–H groups in total. The van der Waals surface area contributed by atoms with Crippen LogP contribution in [0.3, 0.4) is 0 Å². The summed E-state index contributed by atoms with van der Waals surface area (Å²) in [4.78, 5) is 25.2. The third-order valence-electron chi connectivity index (χ3n) is 7.59. The second-order valence-electron chi connectivity index (χ2n) is 9.41. The van der Waals surface area contributed by atoms with Crippen LogP contribution in [0.2, 0.25) is 0 Å². The smallest absolute Gasteiger partial charge is 0.274 e. The average molecular weight is 426 g/mol. The molecule has 2 aliphatic heterocycles. The van der Waals surface area contributed by atoms with E-state index in [4.69, 9.17) is 4.98 Å². The number of piperazine rings is 1.